The molecular formula is C16H24BrNO2. The van der Waals surface area contributed by atoms with Crippen LogP contribution >= 0.6 is 15.9 Å². The van der Waals surface area contributed by atoms with E-state index in [2.05, 4.69) is 29.8 Å². The maximum absolute atomic E-state index is 12.6. The van der Waals surface area contributed by atoms with Crippen molar-refractivity contribution in [2.45, 2.75) is 39.2 Å². The van der Waals surface area contributed by atoms with Gasteiger partial charge < -0.3 is 9.64 Å². The van der Waals surface area contributed by atoms with Crippen molar-refractivity contribution in [3.8, 4) is 5.75 Å². The van der Waals surface area contributed by atoms with Crippen LogP contribution in [0.4, 0.5) is 0 Å². The van der Waals surface area contributed by atoms with E-state index in [1.54, 1.807) is 7.11 Å². The predicted molar refractivity (Wildman–Crippen MR) is 86.6 cm³/mol. The summed E-state index contributed by atoms with van der Waals surface area (Å²) in [5.41, 5.74) is 0.950. The molecule has 0 aliphatic carbocycles. The zero-order valence-corrected chi connectivity index (χ0v) is 14.1. The molecular weight excluding hydrogens is 318 g/mol. The highest BCUT2D eigenvalue weighted by molar-refractivity contribution is 9.09. The highest BCUT2D eigenvalue weighted by Crippen LogP contribution is 2.20. The van der Waals surface area contributed by atoms with Gasteiger partial charge in [0.05, 0.1) is 13.5 Å². The molecule has 20 heavy (non-hydrogen) atoms. The number of amides is 1. The molecule has 0 N–H and O–H groups in total. The molecule has 0 aliphatic heterocycles. The number of halogens is 1. The molecule has 0 saturated heterocycles. The topological polar surface area (TPSA) is 29.5 Å². The average molecular weight is 342 g/mol. The number of ether oxygens (including phenoxy) is 1. The molecule has 0 aromatic heterocycles. The molecule has 1 aromatic carbocycles. The number of nitrogens with zero attached hydrogens (tertiary/aromatic N) is 1. The number of benzene rings is 1. The van der Waals surface area contributed by atoms with Crippen LogP contribution in [0.15, 0.2) is 24.3 Å². The predicted octanol–water partition coefficient (Wildman–Crippen LogP) is 3.65. The Hall–Kier alpha value is -1.03. The zero-order valence-electron chi connectivity index (χ0n) is 12.6. The first-order valence-corrected chi connectivity index (χ1v) is 8.27. The second kappa shape index (κ2) is 9.01. The first-order valence-electron chi connectivity index (χ1n) is 7.15. The molecule has 1 aromatic rings. The second-order valence-electron chi connectivity index (χ2n) is 4.74. The molecule has 112 valence electrons. The summed E-state index contributed by atoms with van der Waals surface area (Å²) < 4.78 is 5.32. The Morgan fingerprint density at radius 1 is 1.30 bits per heavy atom. The quantitative estimate of drug-likeness (QED) is 0.675. The van der Waals surface area contributed by atoms with Gasteiger partial charge in [-0.1, -0.05) is 48.0 Å². The zero-order chi connectivity index (χ0) is 15.0. The summed E-state index contributed by atoms with van der Waals surface area (Å²) in [7, 11) is 1.64. The van der Waals surface area contributed by atoms with Crippen LogP contribution in [0.25, 0.3) is 0 Å². The molecule has 0 aliphatic rings. The summed E-state index contributed by atoms with van der Waals surface area (Å²) in [5, 5.41) is 0.807. The van der Waals surface area contributed by atoms with Gasteiger partial charge in [-0.15, -0.1) is 0 Å². The van der Waals surface area contributed by atoms with Crippen LogP contribution in [0.3, 0.4) is 0 Å². The third-order valence-corrected chi connectivity index (χ3v) is 3.92. The van der Waals surface area contributed by atoms with E-state index in [4.69, 9.17) is 4.74 Å². The van der Waals surface area contributed by atoms with Gasteiger partial charge in [0.1, 0.15) is 5.75 Å². The van der Waals surface area contributed by atoms with E-state index >= 15 is 0 Å². The summed E-state index contributed by atoms with van der Waals surface area (Å²) in [6.07, 6.45) is 2.37. The standard InChI is InChI=1S/C16H24BrNO2/c1-4-14(5-2)18(11-10-17)16(19)12-13-8-6-7-9-15(13)20-3/h6-9,14H,4-5,10-12H2,1-3H3. The normalized spacial score (nSPS) is 10.7. The van der Waals surface area contributed by atoms with Crippen LogP contribution < -0.4 is 4.74 Å². The first-order chi connectivity index (χ1) is 9.67. The molecule has 1 rings (SSSR count). The number of alkyl halides is 1. The minimum Gasteiger partial charge on any atom is -0.496 e. The van der Waals surface area contributed by atoms with Gasteiger partial charge in [0.2, 0.25) is 5.91 Å². The average Bonchev–Trinajstić information content (AvgIpc) is 2.48. The number of para-hydroxylation sites is 1. The minimum atomic E-state index is 0.169. The Balaban J connectivity index is 2.85. The Morgan fingerprint density at radius 2 is 1.95 bits per heavy atom. The number of carbonyl (C=O) groups is 1. The third-order valence-electron chi connectivity index (χ3n) is 3.56. The van der Waals surface area contributed by atoms with E-state index in [0.717, 1.165) is 36.0 Å². The highest BCUT2D eigenvalue weighted by Gasteiger charge is 2.21. The van der Waals surface area contributed by atoms with E-state index in [0.29, 0.717) is 12.5 Å². The molecule has 0 heterocycles. The molecule has 0 atom stereocenters. The smallest absolute Gasteiger partial charge is 0.227 e. The Bertz CT molecular complexity index is 419. The molecule has 0 saturated carbocycles. The van der Waals surface area contributed by atoms with Crippen LogP contribution in [0.2, 0.25) is 0 Å². The van der Waals surface area contributed by atoms with Crippen LogP contribution in [0.1, 0.15) is 32.3 Å². The van der Waals surface area contributed by atoms with Crippen molar-refractivity contribution in [3.05, 3.63) is 29.8 Å². The van der Waals surface area contributed by atoms with Crippen LogP contribution in [0.5, 0.6) is 5.75 Å². The number of hydrogen-bond donors (Lipinski definition) is 0. The van der Waals surface area contributed by atoms with Crippen molar-refractivity contribution in [2.75, 3.05) is 19.0 Å². The third kappa shape index (κ3) is 4.51. The molecule has 4 heteroatoms. The maximum Gasteiger partial charge on any atom is 0.227 e. The van der Waals surface area contributed by atoms with Gasteiger partial charge in [-0.3, -0.25) is 4.79 Å². The van der Waals surface area contributed by atoms with E-state index in [1.807, 2.05) is 29.2 Å². The Labute approximate surface area is 130 Å². The first kappa shape index (κ1) is 17.0. The lowest BCUT2D eigenvalue weighted by molar-refractivity contribution is -0.132. The Kier molecular flexibility index (Phi) is 7.67. The lowest BCUT2D eigenvalue weighted by atomic mass is 10.1. The van der Waals surface area contributed by atoms with Crippen LogP contribution in [-0.4, -0.2) is 35.8 Å². The molecule has 1 amide bonds. The van der Waals surface area contributed by atoms with Crippen LogP contribution in [0, 0.1) is 0 Å². The van der Waals surface area contributed by atoms with E-state index in [-0.39, 0.29) is 5.91 Å². The fraction of sp³-hybridized carbons (Fsp3) is 0.562. The van der Waals surface area contributed by atoms with Crippen molar-refractivity contribution >= 4 is 21.8 Å². The van der Waals surface area contributed by atoms with Gasteiger partial charge >= 0.3 is 0 Å². The molecule has 0 radical (unpaired) electrons. The molecule has 0 unspecified atom stereocenters. The summed E-state index contributed by atoms with van der Waals surface area (Å²) >= 11 is 3.44. The van der Waals surface area contributed by atoms with Gasteiger partial charge in [0.25, 0.3) is 0 Å². The molecule has 0 spiro atoms. The Morgan fingerprint density at radius 3 is 2.50 bits per heavy atom. The van der Waals surface area contributed by atoms with Gasteiger partial charge in [-0.05, 0) is 18.9 Å². The molecule has 0 fully saturated rings. The number of rotatable bonds is 8. The molecule has 3 nitrogen and oxygen atoms in total. The van der Waals surface area contributed by atoms with Crippen molar-refractivity contribution < 1.29 is 9.53 Å². The summed E-state index contributed by atoms with van der Waals surface area (Å²) in [6, 6.07) is 8.03. The fourth-order valence-electron chi connectivity index (χ4n) is 2.44. The van der Waals surface area contributed by atoms with E-state index in [1.165, 1.54) is 0 Å². The second-order valence-corrected chi connectivity index (χ2v) is 5.53. The van der Waals surface area contributed by atoms with E-state index < -0.39 is 0 Å². The SMILES string of the molecule is CCC(CC)N(CCBr)C(=O)Cc1ccccc1OC. The monoisotopic (exact) mass is 341 g/mol. The van der Waals surface area contributed by atoms with Gasteiger partial charge in [0.15, 0.2) is 0 Å². The van der Waals surface area contributed by atoms with E-state index in [9.17, 15) is 4.79 Å². The van der Waals surface area contributed by atoms with Crippen molar-refractivity contribution in [1.82, 2.24) is 4.90 Å². The van der Waals surface area contributed by atoms with Crippen molar-refractivity contribution in [3.63, 3.8) is 0 Å². The van der Waals surface area contributed by atoms with Crippen molar-refractivity contribution in [2.24, 2.45) is 0 Å². The fourth-order valence-corrected chi connectivity index (χ4v) is 2.83. The minimum absolute atomic E-state index is 0.169. The summed E-state index contributed by atoms with van der Waals surface area (Å²) in [4.78, 5) is 14.6. The van der Waals surface area contributed by atoms with Crippen molar-refractivity contribution in [1.29, 1.82) is 0 Å². The van der Waals surface area contributed by atoms with Gasteiger partial charge in [0, 0.05) is 23.5 Å². The van der Waals surface area contributed by atoms with Gasteiger partial charge in [-0.25, -0.2) is 0 Å². The maximum atomic E-state index is 12.6. The number of carbonyl (C=O) groups excluding carboxylic acids is 1. The number of hydrogen-bond acceptors (Lipinski definition) is 2. The number of methoxy groups -OCH3 is 1. The lowest BCUT2D eigenvalue weighted by Crippen LogP contribution is -2.41. The lowest BCUT2D eigenvalue weighted by Gasteiger charge is -2.30. The molecule has 0 bridgehead atoms. The highest BCUT2D eigenvalue weighted by atomic mass is 79.9. The van der Waals surface area contributed by atoms with Crippen LogP contribution in [-0.2, 0) is 11.2 Å². The summed E-state index contributed by atoms with van der Waals surface area (Å²) in [6.45, 7) is 5.01. The van der Waals surface area contributed by atoms with Gasteiger partial charge in [-0.2, -0.15) is 0 Å². The largest absolute Gasteiger partial charge is 0.496 e. The summed E-state index contributed by atoms with van der Waals surface area (Å²) in [5.74, 6) is 0.951.